The lowest BCUT2D eigenvalue weighted by atomic mass is 9.99. The van der Waals surface area contributed by atoms with Crippen LogP contribution < -0.4 is 5.32 Å². The molecule has 1 aliphatic heterocycles. The second-order valence-corrected chi connectivity index (χ2v) is 5.48. The number of piperidine rings is 1. The topological polar surface area (TPSA) is 45.5 Å². The minimum Gasteiger partial charge on any atom is -0.307 e. The molecular weight excluding hydrogens is 238 g/mol. The number of hydrogen-bond donors (Lipinski definition) is 1. The lowest BCUT2D eigenvalue weighted by molar-refractivity contribution is 0.167. The van der Waals surface area contributed by atoms with Gasteiger partial charge in [0.15, 0.2) is 11.5 Å². The van der Waals surface area contributed by atoms with Crippen LogP contribution >= 0.6 is 0 Å². The molecule has 1 saturated heterocycles. The average molecular weight is 259 g/mol. The maximum absolute atomic E-state index is 4.25. The molecule has 3 rings (SSSR count). The average Bonchev–Trinajstić information content (AvgIpc) is 2.83. The van der Waals surface area contributed by atoms with Gasteiger partial charge in [-0.25, -0.2) is 0 Å². The SMILES string of the molecule is CC1CC(NCc2nnc3ccccn23)CCN1C. The second-order valence-electron chi connectivity index (χ2n) is 5.48. The highest BCUT2D eigenvalue weighted by Gasteiger charge is 2.22. The van der Waals surface area contributed by atoms with Crippen LogP contribution in [0, 0.1) is 0 Å². The summed E-state index contributed by atoms with van der Waals surface area (Å²) in [5.41, 5.74) is 0.913. The van der Waals surface area contributed by atoms with Crippen LogP contribution in [0.25, 0.3) is 5.65 Å². The highest BCUT2D eigenvalue weighted by atomic mass is 15.3. The molecule has 0 aromatic carbocycles. The van der Waals surface area contributed by atoms with Crippen molar-refractivity contribution in [1.82, 2.24) is 24.8 Å². The molecule has 102 valence electrons. The number of fused-ring (bicyclic) bond motifs is 1. The van der Waals surface area contributed by atoms with Gasteiger partial charge in [0.1, 0.15) is 0 Å². The number of nitrogens with zero attached hydrogens (tertiary/aromatic N) is 4. The van der Waals surface area contributed by atoms with Gasteiger partial charge in [-0.1, -0.05) is 6.07 Å². The molecule has 2 aromatic rings. The van der Waals surface area contributed by atoms with Gasteiger partial charge in [0.05, 0.1) is 6.54 Å². The summed E-state index contributed by atoms with van der Waals surface area (Å²) in [6, 6.07) is 7.22. The van der Waals surface area contributed by atoms with Gasteiger partial charge in [0.25, 0.3) is 0 Å². The van der Waals surface area contributed by atoms with Crippen molar-refractivity contribution in [2.45, 2.75) is 38.4 Å². The highest BCUT2D eigenvalue weighted by molar-refractivity contribution is 5.36. The van der Waals surface area contributed by atoms with Gasteiger partial charge in [-0.2, -0.15) is 0 Å². The predicted octanol–water partition coefficient (Wildman–Crippen LogP) is 1.30. The Morgan fingerprint density at radius 2 is 2.26 bits per heavy atom. The Hall–Kier alpha value is -1.46. The van der Waals surface area contributed by atoms with Crippen LogP contribution in [-0.4, -0.2) is 45.2 Å². The van der Waals surface area contributed by atoms with Crippen molar-refractivity contribution in [3.8, 4) is 0 Å². The summed E-state index contributed by atoms with van der Waals surface area (Å²) in [4.78, 5) is 2.42. The summed E-state index contributed by atoms with van der Waals surface area (Å²) in [6.45, 7) is 4.24. The molecule has 1 fully saturated rings. The minimum atomic E-state index is 0.585. The summed E-state index contributed by atoms with van der Waals surface area (Å²) < 4.78 is 2.05. The number of hydrogen-bond acceptors (Lipinski definition) is 4. The van der Waals surface area contributed by atoms with Crippen LogP contribution in [0.3, 0.4) is 0 Å². The largest absolute Gasteiger partial charge is 0.307 e. The Kier molecular flexibility index (Phi) is 3.48. The van der Waals surface area contributed by atoms with E-state index in [1.807, 2.05) is 28.8 Å². The monoisotopic (exact) mass is 259 g/mol. The molecule has 19 heavy (non-hydrogen) atoms. The van der Waals surface area contributed by atoms with Crippen molar-refractivity contribution in [2.24, 2.45) is 0 Å². The van der Waals surface area contributed by atoms with Crippen LogP contribution in [0.5, 0.6) is 0 Å². The molecule has 0 amide bonds. The van der Waals surface area contributed by atoms with E-state index in [-0.39, 0.29) is 0 Å². The van der Waals surface area contributed by atoms with Gasteiger partial charge in [-0.05, 0) is 45.5 Å². The first-order chi connectivity index (χ1) is 9.24. The standard InChI is InChI=1S/C14H21N5/c1-11-9-12(6-8-18(11)2)15-10-14-17-16-13-5-3-4-7-19(13)14/h3-5,7,11-12,15H,6,8-10H2,1-2H3. The third-order valence-corrected chi connectivity index (χ3v) is 4.14. The van der Waals surface area contributed by atoms with Crippen LogP contribution in [-0.2, 0) is 6.54 Å². The maximum Gasteiger partial charge on any atom is 0.160 e. The van der Waals surface area contributed by atoms with Gasteiger partial charge in [0.2, 0.25) is 0 Å². The molecule has 5 nitrogen and oxygen atoms in total. The number of likely N-dealkylation sites (tertiary alicyclic amines) is 1. The molecular formula is C14H21N5. The summed E-state index contributed by atoms with van der Waals surface area (Å²) in [7, 11) is 2.20. The molecule has 2 aromatic heterocycles. The van der Waals surface area contributed by atoms with Crippen LogP contribution in [0.1, 0.15) is 25.6 Å². The van der Waals surface area contributed by atoms with Crippen LogP contribution in [0.4, 0.5) is 0 Å². The Balaban J connectivity index is 1.63. The van der Waals surface area contributed by atoms with Crippen molar-refractivity contribution >= 4 is 5.65 Å². The van der Waals surface area contributed by atoms with Crippen LogP contribution in [0.2, 0.25) is 0 Å². The third kappa shape index (κ3) is 2.62. The zero-order valence-electron chi connectivity index (χ0n) is 11.6. The fraction of sp³-hybridized carbons (Fsp3) is 0.571. The summed E-state index contributed by atoms with van der Waals surface area (Å²) in [5, 5.41) is 12.0. The van der Waals surface area contributed by atoms with Crippen molar-refractivity contribution in [3.63, 3.8) is 0 Å². The summed E-state index contributed by atoms with van der Waals surface area (Å²) >= 11 is 0. The highest BCUT2D eigenvalue weighted by Crippen LogP contribution is 2.15. The molecule has 2 unspecified atom stereocenters. The first-order valence-electron chi connectivity index (χ1n) is 6.96. The summed E-state index contributed by atoms with van der Waals surface area (Å²) in [5.74, 6) is 0.988. The first-order valence-corrected chi connectivity index (χ1v) is 6.96. The first kappa shape index (κ1) is 12.6. The molecule has 0 aliphatic carbocycles. The number of aromatic nitrogens is 3. The van der Waals surface area contributed by atoms with Crippen LogP contribution in [0.15, 0.2) is 24.4 Å². The molecule has 5 heteroatoms. The Morgan fingerprint density at radius 3 is 3.11 bits per heavy atom. The molecule has 2 atom stereocenters. The lowest BCUT2D eigenvalue weighted by Gasteiger charge is -2.35. The third-order valence-electron chi connectivity index (χ3n) is 4.14. The summed E-state index contributed by atoms with van der Waals surface area (Å²) in [6.07, 6.45) is 4.43. The minimum absolute atomic E-state index is 0.585. The van der Waals surface area contributed by atoms with E-state index in [0.29, 0.717) is 12.1 Å². The number of rotatable bonds is 3. The molecule has 1 N–H and O–H groups in total. The zero-order chi connectivity index (χ0) is 13.2. The molecule has 0 spiro atoms. The van der Waals surface area contributed by atoms with Crippen molar-refractivity contribution < 1.29 is 0 Å². The van der Waals surface area contributed by atoms with Gasteiger partial charge < -0.3 is 10.2 Å². The zero-order valence-corrected chi connectivity index (χ0v) is 11.6. The van der Waals surface area contributed by atoms with Gasteiger partial charge >= 0.3 is 0 Å². The fourth-order valence-electron chi connectivity index (χ4n) is 2.72. The quantitative estimate of drug-likeness (QED) is 0.902. The second kappa shape index (κ2) is 5.27. The normalized spacial score (nSPS) is 24.9. The van der Waals surface area contributed by atoms with E-state index < -0.39 is 0 Å². The smallest absolute Gasteiger partial charge is 0.160 e. The van der Waals surface area contributed by atoms with E-state index in [0.717, 1.165) is 18.0 Å². The Morgan fingerprint density at radius 1 is 1.37 bits per heavy atom. The van der Waals surface area contributed by atoms with Crippen molar-refractivity contribution in [1.29, 1.82) is 0 Å². The Bertz CT molecular complexity index is 550. The van der Waals surface area contributed by atoms with Crippen molar-refractivity contribution in [3.05, 3.63) is 30.2 Å². The van der Waals surface area contributed by atoms with E-state index in [1.165, 1.54) is 19.4 Å². The predicted molar refractivity (Wildman–Crippen MR) is 74.9 cm³/mol. The van der Waals surface area contributed by atoms with E-state index in [2.05, 4.69) is 34.4 Å². The van der Waals surface area contributed by atoms with Gasteiger partial charge in [-0.15, -0.1) is 10.2 Å². The Labute approximate surface area is 113 Å². The van der Waals surface area contributed by atoms with Gasteiger partial charge in [-0.3, -0.25) is 4.40 Å². The molecule has 0 radical (unpaired) electrons. The maximum atomic E-state index is 4.25. The van der Waals surface area contributed by atoms with E-state index >= 15 is 0 Å². The van der Waals surface area contributed by atoms with Crippen molar-refractivity contribution in [2.75, 3.05) is 13.6 Å². The van der Waals surface area contributed by atoms with E-state index in [9.17, 15) is 0 Å². The van der Waals surface area contributed by atoms with E-state index in [4.69, 9.17) is 0 Å². The molecule has 3 heterocycles. The number of pyridine rings is 1. The molecule has 0 bridgehead atoms. The van der Waals surface area contributed by atoms with Gasteiger partial charge in [0, 0.05) is 18.3 Å². The fourth-order valence-corrected chi connectivity index (χ4v) is 2.72. The number of nitrogens with one attached hydrogen (secondary N) is 1. The van der Waals surface area contributed by atoms with E-state index in [1.54, 1.807) is 0 Å². The lowest BCUT2D eigenvalue weighted by Crippen LogP contribution is -2.45. The molecule has 0 saturated carbocycles. The molecule has 1 aliphatic rings.